The van der Waals surface area contributed by atoms with Crippen LogP contribution < -0.4 is 5.32 Å². The second kappa shape index (κ2) is 6.20. The lowest BCUT2D eigenvalue weighted by molar-refractivity contribution is 0.0693. The van der Waals surface area contributed by atoms with E-state index < -0.39 is 0 Å². The van der Waals surface area contributed by atoms with Crippen LogP contribution >= 0.6 is 11.3 Å². The maximum Gasteiger partial charge on any atom is 0.163 e. The fourth-order valence-corrected chi connectivity index (χ4v) is 3.64. The van der Waals surface area contributed by atoms with E-state index in [0.29, 0.717) is 6.04 Å². The van der Waals surface area contributed by atoms with Crippen LogP contribution in [0.15, 0.2) is 40.8 Å². The summed E-state index contributed by atoms with van der Waals surface area (Å²) in [5, 5.41) is 4.43. The molecule has 1 N–H and O–H groups in total. The molecule has 2 aromatic heterocycles. The van der Waals surface area contributed by atoms with E-state index in [0.717, 1.165) is 48.2 Å². The standard InChI is InChI=1S/C17H18N2O2S/c1-2-6-16-14(5-1)19-17(22-16)15-8-7-13(21-15)10-18-12-4-3-9-20-11-12/h1-2,5-8,12,18H,3-4,9-11H2. The molecule has 0 spiro atoms. The fraction of sp³-hybridized carbons (Fsp3) is 0.353. The molecule has 1 aromatic carbocycles. The fourth-order valence-electron chi connectivity index (χ4n) is 2.71. The minimum Gasteiger partial charge on any atom is -0.457 e. The summed E-state index contributed by atoms with van der Waals surface area (Å²) >= 11 is 1.66. The minimum atomic E-state index is 0.435. The van der Waals surface area contributed by atoms with Crippen LogP contribution in [0, 0.1) is 0 Å². The van der Waals surface area contributed by atoms with Gasteiger partial charge in [0, 0.05) is 12.6 Å². The molecule has 1 saturated heterocycles. The molecule has 0 saturated carbocycles. The molecule has 0 radical (unpaired) electrons. The third kappa shape index (κ3) is 2.92. The highest BCUT2D eigenvalue weighted by atomic mass is 32.1. The third-order valence-electron chi connectivity index (χ3n) is 3.89. The highest BCUT2D eigenvalue weighted by Crippen LogP contribution is 2.31. The van der Waals surface area contributed by atoms with Gasteiger partial charge in [-0.2, -0.15) is 0 Å². The summed E-state index contributed by atoms with van der Waals surface area (Å²) in [5.74, 6) is 1.79. The van der Waals surface area contributed by atoms with E-state index in [-0.39, 0.29) is 0 Å². The van der Waals surface area contributed by atoms with Gasteiger partial charge in [-0.1, -0.05) is 12.1 Å². The second-order valence-electron chi connectivity index (χ2n) is 5.55. The van der Waals surface area contributed by atoms with Crippen LogP contribution in [0.2, 0.25) is 0 Å². The zero-order valence-corrected chi connectivity index (χ0v) is 13.1. The summed E-state index contributed by atoms with van der Waals surface area (Å²) in [6.45, 7) is 2.42. The predicted molar refractivity (Wildman–Crippen MR) is 88.0 cm³/mol. The van der Waals surface area contributed by atoms with Crippen molar-refractivity contribution in [1.29, 1.82) is 0 Å². The number of rotatable bonds is 4. The Kier molecular flexibility index (Phi) is 3.93. The Morgan fingerprint density at radius 2 is 2.18 bits per heavy atom. The Labute approximate surface area is 133 Å². The van der Waals surface area contributed by atoms with Crippen LogP contribution in [-0.2, 0) is 11.3 Å². The van der Waals surface area contributed by atoms with Gasteiger partial charge in [-0.05, 0) is 37.1 Å². The maximum atomic E-state index is 5.93. The zero-order chi connectivity index (χ0) is 14.8. The summed E-state index contributed by atoms with van der Waals surface area (Å²) in [6.07, 6.45) is 2.30. The maximum absolute atomic E-state index is 5.93. The first-order valence-corrected chi connectivity index (χ1v) is 8.46. The van der Waals surface area contributed by atoms with E-state index in [4.69, 9.17) is 9.15 Å². The summed E-state index contributed by atoms with van der Waals surface area (Å²) < 4.78 is 12.6. The Morgan fingerprint density at radius 1 is 1.23 bits per heavy atom. The van der Waals surface area contributed by atoms with E-state index in [9.17, 15) is 0 Å². The number of nitrogens with one attached hydrogen (secondary N) is 1. The van der Waals surface area contributed by atoms with E-state index in [1.54, 1.807) is 11.3 Å². The van der Waals surface area contributed by atoms with Crippen molar-refractivity contribution < 1.29 is 9.15 Å². The summed E-state index contributed by atoms with van der Waals surface area (Å²) in [7, 11) is 0. The lowest BCUT2D eigenvalue weighted by atomic mass is 10.1. The average Bonchev–Trinajstić information content (AvgIpc) is 3.20. The molecule has 5 heteroatoms. The molecule has 1 aliphatic heterocycles. The third-order valence-corrected chi connectivity index (χ3v) is 4.94. The van der Waals surface area contributed by atoms with E-state index >= 15 is 0 Å². The zero-order valence-electron chi connectivity index (χ0n) is 12.2. The minimum absolute atomic E-state index is 0.435. The quantitative estimate of drug-likeness (QED) is 0.795. The SMILES string of the molecule is c1ccc2sc(-c3ccc(CNC4CCCOC4)o3)nc2c1. The van der Waals surface area contributed by atoms with Crippen LogP contribution in [0.5, 0.6) is 0 Å². The van der Waals surface area contributed by atoms with Crippen molar-refractivity contribution in [2.24, 2.45) is 0 Å². The van der Waals surface area contributed by atoms with Crippen LogP contribution in [0.3, 0.4) is 0 Å². The number of benzene rings is 1. The number of thiazole rings is 1. The summed E-state index contributed by atoms with van der Waals surface area (Å²) in [5.41, 5.74) is 1.03. The van der Waals surface area contributed by atoms with Crippen molar-refractivity contribution in [1.82, 2.24) is 10.3 Å². The Hall–Kier alpha value is -1.69. The molecular formula is C17H18N2O2S. The van der Waals surface area contributed by atoms with Crippen molar-refractivity contribution >= 4 is 21.6 Å². The molecule has 1 unspecified atom stereocenters. The number of fused-ring (bicyclic) bond motifs is 1. The lowest BCUT2D eigenvalue weighted by Gasteiger charge is -2.22. The Bertz CT molecular complexity index is 726. The summed E-state index contributed by atoms with van der Waals surface area (Å²) in [4.78, 5) is 4.63. The molecule has 1 atom stereocenters. The molecule has 4 nitrogen and oxygen atoms in total. The molecule has 0 amide bonds. The Morgan fingerprint density at radius 3 is 3.05 bits per heavy atom. The average molecular weight is 314 g/mol. The largest absolute Gasteiger partial charge is 0.457 e. The number of furan rings is 1. The van der Waals surface area contributed by atoms with Crippen LogP contribution in [0.1, 0.15) is 18.6 Å². The normalized spacial score (nSPS) is 18.8. The van der Waals surface area contributed by atoms with E-state index in [1.807, 2.05) is 30.3 Å². The number of hydrogen-bond donors (Lipinski definition) is 1. The van der Waals surface area contributed by atoms with Crippen LogP contribution in [0.25, 0.3) is 21.0 Å². The topological polar surface area (TPSA) is 47.3 Å². The molecule has 0 bridgehead atoms. The monoisotopic (exact) mass is 314 g/mol. The van der Waals surface area contributed by atoms with Gasteiger partial charge in [0.1, 0.15) is 5.76 Å². The van der Waals surface area contributed by atoms with Crippen LogP contribution in [-0.4, -0.2) is 24.2 Å². The highest BCUT2D eigenvalue weighted by Gasteiger charge is 2.14. The van der Waals surface area contributed by atoms with Gasteiger partial charge in [0.15, 0.2) is 10.8 Å². The number of hydrogen-bond acceptors (Lipinski definition) is 5. The van der Waals surface area contributed by atoms with E-state index in [1.165, 1.54) is 11.1 Å². The molecule has 4 rings (SSSR count). The number of para-hydroxylation sites is 1. The predicted octanol–water partition coefficient (Wildman–Crippen LogP) is 3.82. The molecule has 22 heavy (non-hydrogen) atoms. The van der Waals surface area contributed by atoms with Crippen molar-refractivity contribution in [2.75, 3.05) is 13.2 Å². The van der Waals surface area contributed by atoms with Gasteiger partial charge < -0.3 is 14.5 Å². The molecule has 1 aliphatic rings. The first-order valence-electron chi connectivity index (χ1n) is 7.64. The molecule has 0 aliphatic carbocycles. The number of ether oxygens (including phenoxy) is 1. The van der Waals surface area contributed by atoms with Gasteiger partial charge in [0.2, 0.25) is 0 Å². The number of nitrogens with zero attached hydrogens (tertiary/aromatic N) is 1. The second-order valence-corrected chi connectivity index (χ2v) is 6.58. The van der Waals surface area contributed by atoms with Crippen molar-refractivity contribution in [2.45, 2.75) is 25.4 Å². The first-order chi connectivity index (χ1) is 10.9. The van der Waals surface area contributed by atoms with Gasteiger partial charge in [0.05, 0.1) is 23.4 Å². The molecule has 1 fully saturated rings. The van der Waals surface area contributed by atoms with Gasteiger partial charge in [-0.15, -0.1) is 11.3 Å². The smallest absolute Gasteiger partial charge is 0.163 e. The van der Waals surface area contributed by atoms with Crippen molar-refractivity contribution in [3.05, 3.63) is 42.2 Å². The van der Waals surface area contributed by atoms with Gasteiger partial charge >= 0.3 is 0 Å². The van der Waals surface area contributed by atoms with Gasteiger partial charge in [0.25, 0.3) is 0 Å². The molecule has 3 heterocycles. The lowest BCUT2D eigenvalue weighted by Crippen LogP contribution is -2.36. The van der Waals surface area contributed by atoms with Crippen LogP contribution in [0.4, 0.5) is 0 Å². The Balaban J connectivity index is 1.46. The molecule has 3 aromatic rings. The highest BCUT2D eigenvalue weighted by molar-refractivity contribution is 7.21. The van der Waals surface area contributed by atoms with Crippen molar-refractivity contribution in [3.63, 3.8) is 0 Å². The van der Waals surface area contributed by atoms with Crippen molar-refractivity contribution in [3.8, 4) is 10.8 Å². The first kappa shape index (κ1) is 13.9. The molecule has 114 valence electrons. The van der Waals surface area contributed by atoms with Gasteiger partial charge in [-0.3, -0.25) is 0 Å². The van der Waals surface area contributed by atoms with E-state index in [2.05, 4.69) is 16.4 Å². The van der Waals surface area contributed by atoms with Gasteiger partial charge in [-0.25, -0.2) is 4.98 Å². The summed E-state index contributed by atoms with van der Waals surface area (Å²) in [6, 6.07) is 12.6. The number of aromatic nitrogens is 1. The molecular weight excluding hydrogens is 296 g/mol.